The van der Waals surface area contributed by atoms with Crippen LogP contribution in [0.3, 0.4) is 0 Å². The zero-order valence-corrected chi connectivity index (χ0v) is 12.4. The van der Waals surface area contributed by atoms with Crippen molar-refractivity contribution in [3.8, 4) is 0 Å². The van der Waals surface area contributed by atoms with E-state index in [-0.39, 0.29) is 5.91 Å². The number of imidazole rings is 1. The lowest BCUT2D eigenvalue weighted by molar-refractivity contribution is 0.0730. The Morgan fingerprint density at radius 1 is 1.35 bits per heavy atom. The van der Waals surface area contributed by atoms with Gasteiger partial charge in [-0.25, -0.2) is 4.98 Å². The highest BCUT2D eigenvalue weighted by Crippen LogP contribution is 2.23. The number of nitrogens with zero attached hydrogens (tertiary/aromatic N) is 3. The molecule has 104 valence electrons. The number of aromatic nitrogens is 2. The van der Waals surface area contributed by atoms with Gasteiger partial charge in [-0.15, -0.1) is 0 Å². The second-order valence-electron chi connectivity index (χ2n) is 4.82. The fourth-order valence-corrected chi connectivity index (χ4v) is 2.83. The van der Waals surface area contributed by atoms with Gasteiger partial charge in [0.25, 0.3) is 5.91 Å². The first kappa shape index (κ1) is 13.5. The SMILES string of the molecule is Cn1c(Cl)nc2c1CN(C(=O)c1cccc(Cl)c1)CC2. The van der Waals surface area contributed by atoms with Crippen LogP contribution >= 0.6 is 23.2 Å². The Balaban J connectivity index is 1.86. The van der Waals surface area contributed by atoms with Crippen LogP contribution < -0.4 is 0 Å². The molecule has 1 amide bonds. The molecule has 0 bridgehead atoms. The number of amides is 1. The topological polar surface area (TPSA) is 38.1 Å². The average Bonchev–Trinajstić information content (AvgIpc) is 2.73. The molecule has 0 spiro atoms. The van der Waals surface area contributed by atoms with Crippen molar-refractivity contribution in [2.75, 3.05) is 6.54 Å². The maximum Gasteiger partial charge on any atom is 0.254 e. The number of carbonyl (C=O) groups is 1. The molecule has 2 heterocycles. The molecule has 0 saturated heterocycles. The molecule has 0 atom stereocenters. The zero-order chi connectivity index (χ0) is 14.3. The minimum Gasteiger partial charge on any atom is -0.332 e. The summed E-state index contributed by atoms with van der Waals surface area (Å²) in [5, 5.41) is 1.03. The Morgan fingerprint density at radius 3 is 2.90 bits per heavy atom. The van der Waals surface area contributed by atoms with Gasteiger partial charge in [-0.3, -0.25) is 4.79 Å². The van der Waals surface area contributed by atoms with Crippen LogP contribution in [0.4, 0.5) is 0 Å². The Hall–Kier alpha value is -1.52. The Kier molecular flexibility index (Phi) is 3.44. The lowest BCUT2D eigenvalue weighted by Gasteiger charge is -2.27. The Morgan fingerprint density at radius 2 is 2.15 bits per heavy atom. The lowest BCUT2D eigenvalue weighted by atomic mass is 10.1. The summed E-state index contributed by atoms with van der Waals surface area (Å²) in [5.41, 5.74) is 2.58. The molecule has 1 aliphatic rings. The van der Waals surface area contributed by atoms with E-state index in [0.717, 1.165) is 17.8 Å². The van der Waals surface area contributed by atoms with E-state index in [4.69, 9.17) is 23.2 Å². The molecule has 0 N–H and O–H groups in total. The molecule has 0 aliphatic carbocycles. The lowest BCUT2D eigenvalue weighted by Crippen LogP contribution is -2.36. The smallest absolute Gasteiger partial charge is 0.254 e. The number of carbonyl (C=O) groups excluding carboxylic acids is 1. The highest BCUT2D eigenvalue weighted by atomic mass is 35.5. The third-order valence-corrected chi connectivity index (χ3v) is 4.13. The van der Waals surface area contributed by atoms with Crippen molar-refractivity contribution >= 4 is 29.1 Å². The van der Waals surface area contributed by atoms with E-state index >= 15 is 0 Å². The summed E-state index contributed by atoms with van der Waals surface area (Å²) >= 11 is 12.0. The number of benzene rings is 1. The van der Waals surface area contributed by atoms with Gasteiger partial charge < -0.3 is 9.47 Å². The molecule has 0 unspecified atom stereocenters. The second-order valence-corrected chi connectivity index (χ2v) is 5.59. The van der Waals surface area contributed by atoms with Crippen molar-refractivity contribution in [2.45, 2.75) is 13.0 Å². The van der Waals surface area contributed by atoms with E-state index in [2.05, 4.69) is 4.98 Å². The van der Waals surface area contributed by atoms with Crippen LogP contribution in [0.5, 0.6) is 0 Å². The first-order valence-electron chi connectivity index (χ1n) is 6.31. The molecule has 0 saturated carbocycles. The minimum absolute atomic E-state index is 0.0181. The highest BCUT2D eigenvalue weighted by Gasteiger charge is 2.26. The highest BCUT2D eigenvalue weighted by molar-refractivity contribution is 6.31. The van der Waals surface area contributed by atoms with Crippen molar-refractivity contribution < 1.29 is 4.79 Å². The molecule has 2 aromatic rings. The average molecular weight is 310 g/mol. The fraction of sp³-hybridized carbons (Fsp3) is 0.286. The number of hydrogen-bond acceptors (Lipinski definition) is 2. The summed E-state index contributed by atoms with van der Waals surface area (Å²) in [6.45, 7) is 1.17. The van der Waals surface area contributed by atoms with Crippen molar-refractivity contribution in [1.82, 2.24) is 14.5 Å². The van der Waals surface area contributed by atoms with Gasteiger partial charge in [0.15, 0.2) is 0 Å². The molecule has 0 fully saturated rings. The molecule has 0 radical (unpaired) electrons. The number of hydrogen-bond donors (Lipinski definition) is 0. The summed E-state index contributed by atoms with van der Waals surface area (Å²) in [7, 11) is 1.86. The van der Waals surface area contributed by atoms with E-state index in [9.17, 15) is 4.79 Å². The number of fused-ring (bicyclic) bond motifs is 1. The maximum absolute atomic E-state index is 12.5. The molecule has 4 nitrogen and oxygen atoms in total. The van der Waals surface area contributed by atoms with E-state index in [1.165, 1.54) is 0 Å². The monoisotopic (exact) mass is 309 g/mol. The minimum atomic E-state index is -0.0181. The van der Waals surface area contributed by atoms with Crippen LogP contribution in [-0.2, 0) is 20.0 Å². The molecular formula is C14H13Cl2N3O. The van der Waals surface area contributed by atoms with Gasteiger partial charge in [-0.1, -0.05) is 17.7 Å². The first-order valence-corrected chi connectivity index (χ1v) is 7.06. The van der Waals surface area contributed by atoms with Crippen LogP contribution in [0.15, 0.2) is 24.3 Å². The molecule has 1 aliphatic heterocycles. The van der Waals surface area contributed by atoms with Crippen molar-refractivity contribution in [3.63, 3.8) is 0 Å². The molecule has 3 rings (SSSR count). The van der Waals surface area contributed by atoms with Crippen LogP contribution in [0.1, 0.15) is 21.7 Å². The maximum atomic E-state index is 12.5. The summed E-state index contributed by atoms with van der Waals surface area (Å²) in [6.07, 6.45) is 0.724. The van der Waals surface area contributed by atoms with Crippen LogP contribution in [0, 0.1) is 0 Å². The van der Waals surface area contributed by atoms with Gasteiger partial charge in [0, 0.05) is 30.6 Å². The van der Waals surface area contributed by atoms with Gasteiger partial charge >= 0.3 is 0 Å². The third-order valence-electron chi connectivity index (χ3n) is 3.56. The normalized spacial score (nSPS) is 14.2. The molecule has 6 heteroatoms. The third kappa shape index (κ3) is 2.30. The largest absolute Gasteiger partial charge is 0.332 e. The van der Waals surface area contributed by atoms with Gasteiger partial charge in [0.05, 0.1) is 17.9 Å². The van der Waals surface area contributed by atoms with Gasteiger partial charge in [0.1, 0.15) is 0 Å². The van der Waals surface area contributed by atoms with Crippen molar-refractivity contribution in [2.24, 2.45) is 7.05 Å². The predicted molar refractivity (Wildman–Crippen MR) is 78.1 cm³/mol. The Bertz CT molecular complexity index is 681. The van der Waals surface area contributed by atoms with Crippen LogP contribution in [-0.4, -0.2) is 26.9 Å². The fourth-order valence-electron chi connectivity index (χ4n) is 2.43. The quantitative estimate of drug-likeness (QED) is 0.812. The van der Waals surface area contributed by atoms with Crippen molar-refractivity contribution in [3.05, 3.63) is 51.5 Å². The van der Waals surface area contributed by atoms with E-state index in [1.54, 1.807) is 29.2 Å². The predicted octanol–water partition coefficient (Wildman–Crippen LogP) is 2.93. The van der Waals surface area contributed by atoms with Crippen LogP contribution in [0.2, 0.25) is 10.3 Å². The van der Waals surface area contributed by atoms with Gasteiger partial charge in [0.2, 0.25) is 5.28 Å². The zero-order valence-electron chi connectivity index (χ0n) is 10.9. The first-order chi connectivity index (χ1) is 9.56. The van der Waals surface area contributed by atoms with Gasteiger partial charge in [-0.05, 0) is 29.8 Å². The molecule has 20 heavy (non-hydrogen) atoms. The summed E-state index contributed by atoms with van der Waals surface area (Å²) in [4.78, 5) is 18.6. The Labute approximate surface area is 126 Å². The summed E-state index contributed by atoms with van der Waals surface area (Å²) < 4.78 is 1.83. The molecule has 1 aromatic heterocycles. The standard InChI is InChI=1S/C14H13Cl2N3O/c1-18-12-8-19(6-5-11(12)17-14(18)16)13(20)9-3-2-4-10(15)7-9/h2-4,7H,5-6,8H2,1H3. The molecular weight excluding hydrogens is 297 g/mol. The summed E-state index contributed by atoms with van der Waals surface area (Å²) in [5.74, 6) is -0.0181. The van der Waals surface area contributed by atoms with Crippen LogP contribution in [0.25, 0.3) is 0 Å². The van der Waals surface area contributed by atoms with Gasteiger partial charge in [-0.2, -0.15) is 0 Å². The van der Waals surface area contributed by atoms with E-state index < -0.39 is 0 Å². The van der Waals surface area contributed by atoms with E-state index in [0.29, 0.717) is 29.0 Å². The molecule has 1 aromatic carbocycles. The summed E-state index contributed by atoms with van der Waals surface area (Å²) in [6, 6.07) is 7.01. The van der Waals surface area contributed by atoms with Crippen molar-refractivity contribution in [1.29, 1.82) is 0 Å². The number of rotatable bonds is 1. The van der Waals surface area contributed by atoms with E-state index in [1.807, 2.05) is 11.6 Å². The second kappa shape index (κ2) is 5.11. The number of halogens is 2.